The van der Waals surface area contributed by atoms with Crippen LogP contribution in [0.3, 0.4) is 0 Å². The molecule has 0 aromatic carbocycles. The number of hydrogen-bond donors (Lipinski definition) is 0. The van der Waals surface area contributed by atoms with Gasteiger partial charge in [0.15, 0.2) is 0 Å². The molecular weight excluding hydrogens is 224 g/mol. The lowest BCUT2D eigenvalue weighted by Gasteiger charge is -2.44. The van der Waals surface area contributed by atoms with Gasteiger partial charge >= 0.3 is 0 Å². The Labute approximate surface area is 109 Å². The van der Waals surface area contributed by atoms with Gasteiger partial charge in [0.25, 0.3) is 0 Å². The van der Waals surface area contributed by atoms with E-state index in [2.05, 4.69) is 28.9 Å². The largest absolute Gasteiger partial charge is 0.381 e. The minimum atomic E-state index is 0.568. The molecule has 98 valence electrons. The highest BCUT2D eigenvalue weighted by atomic mass is 16.5. The molecule has 1 aromatic rings. The van der Waals surface area contributed by atoms with Gasteiger partial charge in [-0.15, -0.1) is 0 Å². The first-order valence-electron chi connectivity index (χ1n) is 7.03. The summed E-state index contributed by atoms with van der Waals surface area (Å²) in [6, 6.07) is 4.26. The average molecular weight is 246 g/mol. The fourth-order valence-electron chi connectivity index (χ4n) is 3.21. The summed E-state index contributed by atoms with van der Waals surface area (Å²) in [4.78, 5) is 6.94. The summed E-state index contributed by atoms with van der Waals surface area (Å²) in [5.41, 5.74) is 1.87. The first-order chi connectivity index (χ1) is 8.77. The van der Waals surface area contributed by atoms with Crippen molar-refractivity contribution in [3.63, 3.8) is 0 Å². The SMILES string of the molecule is Cc1ccnc(N2CCC3(CCOCC3)CC2)c1. The third-order valence-electron chi connectivity index (χ3n) is 4.60. The lowest BCUT2D eigenvalue weighted by molar-refractivity contribution is 0.00206. The number of rotatable bonds is 1. The van der Waals surface area contributed by atoms with Gasteiger partial charge in [-0.2, -0.15) is 0 Å². The minimum Gasteiger partial charge on any atom is -0.381 e. The first-order valence-corrected chi connectivity index (χ1v) is 7.03. The highest BCUT2D eigenvalue weighted by Gasteiger charge is 2.36. The normalized spacial score (nSPS) is 23.3. The molecule has 1 aromatic heterocycles. The molecule has 2 fully saturated rings. The third-order valence-corrected chi connectivity index (χ3v) is 4.60. The fraction of sp³-hybridized carbons (Fsp3) is 0.667. The molecule has 0 unspecified atom stereocenters. The molecule has 3 heterocycles. The third kappa shape index (κ3) is 2.37. The molecule has 0 saturated carbocycles. The van der Waals surface area contributed by atoms with Crippen molar-refractivity contribution in [1.82, 2.24) is 4.98 Å². The number of anilines is 1. The van der Waals surface area contributed by atoms with Crippen molar-refractivity contribution in [2.45, 2.75) is 32.6 Å². The Morgan fingerprint density at radius 2 is 1.89 bits per heavy atom. The Balaban J connectivity index is 1.66. The maximum absolute atomic E-state index is 5.50. The predicted octanol–water partition coefficient (Wildman–Crippen LogP) is 2.79. The molecule has 18 heavy (non-hydrogen) atoms. The predicted molar refractivity (Wildman–Crippen MR) is 72.9 cm³/mol. The Hall–Kier alpha value is -1.09. The van der Waals surface area contributed by atoms with E-state index < -0.39 is 0 Å². The van der Waals surface area contributed by atoms with E-state index >= 15 is 0 Å². The number of pyridine rings is 1. The lowest BCUT2D eigenvalue weighted by atomic mass is 9.72. The van der Waals surface area contributed by atoms with Crippen molar-refractivity contribution in [2.75, 3.05) is 31.2 Å². The number of piperidine rings is 1. The molecular formula is C15H22N2O. The summed E-state index contributed by atoms with van der Waals surface area (Å²) in [5, 5.41) is 0. The van der Waals surface area contributed by atoms with Crippen molar-refractivity contribution in [1.29, 1.82) is 0 Å². The van der Waals surface area contributed by atoms with Crippen LogP contribution in [-0.2, 0) is 4.74 Å². The van der Waals surface area contributed by atoms with Crippen LogP contribution in [0.15, 0.2) is 18.3 Å². The second-order valence-corrected chi connectivity index (χ2v) is 5.79. The van der Waals surface area contributed by atoms with Gasteiger partial charge in [0, 0.05) is 32.5 Å². The zero-order valence-electron chi connectivity index (χ0n) is 11.2. The standard InChI is InChI=1S/C15H22N2O/c1-13-2-7-16-14(12-13)17-8-3-15(4-9-17)5-10-18-11-6-15/h2,7,12H,3-6,8-11H2,1H3. The summed E-state index contributed by atoms with van der Waals surface area (Å²) in [6.07, 6.45) is 7.02. The first kappa shape index (κ1) is 12.0. The number of nitrogens with zero attached hydrogens (tertiary/aromatic N) is 2. The topological polar surface area (TPSA) is 25.4 Å². The summed E-state index contributed by atoms with van der Waals surface area (Å²) in [7, 11) is 0. The molecule has 2 aliphatic rings. The highest BCUT2D eigenvalue weighted by Crippen LogP contribution is 2.41. The van der Waals surface area contributed by atoms with Crippen LogP contribution in [0.1, 0.15) is 31.2 Å². The molecule has 0 bridgehead atoms. The van der Waals surface area contributed by atoms with Gasteiger partial charge in [0.2, 0.25) is 0 Å². The van der Waals surface area contributed by atoms with Crippen LogP contribution in [-0.4, -0.2) is 31.3 Å². The van der Waals surface area contributed by atoms with E-state index in [1.807, 2.05) is 6.20 Å². The molecule has 2 saturated heterocycles. The monoisotopic (exact) mass is 246 g/mol. The van der Waals surface area contributed by atoms with Crippen molar-refractivity contribution in [3.8, 4) is 0 Å². The van der Waals surface area contributed by atoms with E-state index in [-0.39, 0.29) is 0 Å². The molecule has 3 heteroatoms. The molecule has 0 N–H and O–H groups in total. The van der Waals surface area contributed by atoms with Gasteiger partial charge in [-0.3, -0.25) is 0 Å². The Bertz CT molecular complexity index is 403. The van der Waals surface area contributed by atoms with Gasteiger partial charge in [-0.05, 0) is 55.7 Å². The van der Waals surface area contributed by atoms with E-state index in [0.29, 0.717) is 5.41 Å². The highest BCUT2D eigenvalue weighted by molar-refractivity contribution is 5.41. The number of aryl methyl sites for hydroxylation is 1. The summed E-state index contributed by atoms with van der Waals surface area (Å²) in [5.74, 6) is 1.15. The van der Waals surface area contributed by atoms with Crippen LogP contribution < -0.4 is 4.90 Å². The smallest absolute Gasteiger partial charge is 0.128 e. The van der Waals surface area contributed by atoms with Crippen LogP contribution >= 0.6 is 0 Å². The maximum atomic E-state index is 5.50. The van der Waals surface area contributed by atoms with Gasteiger partial charge in [-0.1, -0.05) is 0 Å². The number of aromatic nitrogens is 1. The van der Waals surface area contributed by atoms with Crippen LogP contribution in [0, 0.1) is 12.3 Å². The van der Waals surface area contributed by atoms with Gasteiger partial charge < -0.3 is 9.64 Å². The van der Waals surface area contributed by atoms with E-state index in [4.69, 9.17) is 4.74 Å². The molecule has 3 nitrogen and oxygen atoms in total. The minimum absolute atomic E-state index is 0.568. The molecule has 0 aliphatic carbocycles. The molecule has 0 amide bonds. The molecule has 0 atom stereocenters. The van der Waals surface area contributed by atoms with E-state index in [0.717, 1.165) is 32.1 Å². The van der Waals surface area contributed by atoms with Gasteiger partial charge in [-0.25, -0.2) is 4.98 Å². The summed E-state index contributed by atoms with van der Waals surface area (Å²) >= 11 is 0. The fourth-order valence-corrected chi connectivity index (χ4v) is 3.21. The molecule has 1 spiro atoms. The van der Waals surface area contributed by atoms with Gasteiger partial charge in [0.1, 0.15) is 5.82 Å². The van der Waals surface area contributed by atoms with Gasteiger partial charge in [0.05, 0.1) is 0 Å². The van der Waals surface area contributed by atoms with E-state index in [1.54, 1.807) is 0 Å². The summed E-state index contributed by atoms with van der Waals surface area (Å²) in [6.45, 7) is 6.35. The molecule has 0 radical (unpaired) electrons. The second-order valence-electron chi connectivity index (χ2n) is 5.79. The Kier molecular flexibility index (Phi) is 3.25. The average Bonchev–Trinajstić information content (AvgIpc) is 2.40. The van der Waals surface area contributed by atoms with Crippen molar-refractivity contribution in [2.24, 2.45) is 5.41 Å². The van der Waals surface area contributed by atoms with E-state index in [1.165, 1.54) is 31.2 Å². The van der Waals surface area contributed by atoms with Crippen LogP contribution in [0.2, 0.25) is 0 Å². The number of ether oxygens (including phenoxy) is 1. The summed E-state index contributed by atoms with van der Waals surface area (Å²) < 4.78 is 5.50. The zero-order chi connectivity index (χ0) is 12.4. The quantitative estimate of drug-likeness (QED) is 0.762. The lowest BCUT2D eigenvalue weighted by Crippen LogP contribution is -2.43. The van der Waals surface area contributed by atoms with Crippen LogP contribution in [0.4, 0.5) is 5.82 Å². The Morgan fingerprint density at radius 3 is 2.56 bits per heavy atom. The molecule has 2 aliphatic heterocycles. The zero-order valence-corrected chi connectivity index (χ0v) is 11.2. The molecule has 3 rings (SSSR count). The van der Waals surface area contributed by atoms with Crippen molar-refractivity contribution >= 4 is 5.82 Å². The van der Waals surface area contributed by atoms with Crippen molar-refractivity contribution in [3.05, 3.63) is 23.9 Å². The number of hydrogen-bond acceptors (Lipinski definition) is 3. The van der Waals surface area contributed by atoms with E-state index in [9.17, 15) is 0 Å². The maximum Gasteiger partial charge on any atom is 0.128 e. The van der Waals surface area contributed by atoms with Crippen molar-refractivity contribution < 1.29 is 4.74 Å². The second kappa shape index (κ2) is 4.88. The Morgan fingerprint density at radius 1 is 1.17 bits per heavy atom. The van der Waals surface area contributed by atoms with Crippen LogP contribution in [0.5, 0.6) is 0 Å². The van der Waals surface area contributed by atoms with Crippen LogP contribution in [0.25, 0.3) is 0 Å².